The molecule has 0 aliphatic rings. The summed E-state index contributed by atoms with van der Waals surface area (Å²) in [7, 11) is 1.98. The van der Waals surface area contributed by atoms with E-state index in [0.717, 1.165) is 18.8 Å². The first-order chi connectivity index (χ1) is 6.18. The lowest BCUT2D eigenvalue weighted by Crippen LogP contribution is -2.20. The smallest absolute Gasteiger partial charge is 0.131 e. The van der Waals surface area contributed by atoms with Gasteiger partial charge in [-0.1, -0.05) is 0 Å². The lowest BCUT2D eigenvalue weighted by atomic mass is 10.3. The minimum absolute atomic E-state index is 0.228. The fraction of sp³-hybridized carbons (Fsp3) is 0.500. The summed E-state index contributed by atoms with van der Waals surface area (Å²) >= 11 is 0. The third-order valence-electron chi connectivity index (χ3n) is 1.85. The Bertz CT molecular complexity index is 254. The average Bonchev–Trinajstić information content (AvgIpc) is 2.53. The molecule has 0 bridgehead atoms. The Hall–Kier alpha value is -1.09. The second-order valence-corrected chi connectivity index (χ2v) is 3.27. The van der Waals surface area contributed by atoms with E-state index in [1.807, 2.05) is 19.2 Å². The first-order valence-electron chi connectivity index (χ1n) is 4.39. The van der Waals surface area contributed by atoms with E-state index in [1.165, 1.54) is 0 Å². The maximum Gasteiger partial charge on any atom is 0.131 e. The molecular weight excluding hydrogens is 166 g/mol. The van der Waals surface area contributed by atoms with Gasteiger partial charge in [0.15, 0.2) is 0 Å². The summed E-state index contributed by atoms with van der Waals surface area (Å²) in [6.07, 6.45) is 2.27. The highest BCUT2D eigenvalue weighted by Crippen LogP contribution is 2.03. The minimum atomic E-state index is 0.228. The maximum absolute atomic E-state index is 10.7. The highest BCUT2D eigenvalue weighted by atomic mass is 16.3. The number of ketones is 1. The van der Waals surface area contributed by atoms with Crippen LogP contribution < -0.4 is 0 Å². The standard InChI is InChI=1S/C10H15NO2/c1-9(12)5-6-11(2)8-10-4-3-7-13-10/h3-4,7H,5-6,8H2,1-2H3. The predicted molar refractivity (Wildman–Crippen MR) is 50.3 cm³/mol. The number of Topliss-reactive ketones (excluding diaryl/α,β-unsaturated/α-hetero) is 1. The number of hydrogen-bond donors (Lipinski definition) is 0. The third kappa shape index (κ3) is 3.90. The van der Waals surface area contributed by atoms with Crippen molar-refractivity contribution in [1.29, 1.82) is 0 Å². The molecule has 0 fully saturated rings. The largest absolute Gasteiger partial charge is 0.468 e. The van der Waals surface area contributed by atoms with E-state index in [4.69, 9.17) is 4.42 Å². The van der Waals surface area contributed by atoms with E-state index < -0.39 is 0 Å². The van der Waals surface area contributed by atoms with Gasteiger partial charge in [0, 0.05) is 13.0 Å². The molecule has 0 unspecified atom stereocenters. The molecule has 1 aromatic rings. The van der Waals surface area contributed by atoms with E-state index in [-0.39, 0.29) is 5.78 Å². The van der Waals surface area contributed by atoms with Gasteiger partial charge in [0.05, 0.1) is 12.8 Å². The van der Waals surface area contributed by atoms with Crippen LogP contribution in [-0.4, -0.2) is 24.3 Å². The van der Waals surface area contributed by atoms with E-state index in [0.29, 0.717) is 6.42 Å². The molecule has 0 aromatic carbocycles. The summed E-state index contributed by atoms with van der Waals surface area (Å²) in [6, 6.07) is 3.80. The molecule has 0 aliphatic carbocycles. The van der Waals surface area contributed by atoms with Gasteiger partial charge in [-0.15, -0.1) is 0 Å². The second-order valence-electron chi connectivity index (χ2n) is 3.27. The highest BCUT2D eigenvalue weighted by Gasteiger charge is 2.03. The molecule has 1 rings (SSSR count). The molecule has 0 radical (unpaired) electrons. The molecule has 0 atom stereocenters. The molecule has 0 N–H and O–H groups in total. The molecule has 0 saturated carbocycles. The quantitative estimate of drug-likeness (QED) is 0.693. The zero-order valence-electron chi connectivity index (χ0n) is 8.12. The van der Waals surface area contributed by atoms with Crippen LogP contribution in [0, 0.1) is 0 Å². The summed E-state index contributed by atoms with van der Waals surface area (Å²) in [5.74, 6) is 1.16. The van der Waals surface area contributed by atoms with E-state index in [1.54, 1.807) is 13.2 Å². The monoisotopic (exact) mass is 181 g/mol. The fourth-order valence-corrected chi connectivity index (χ4v) is 1.10. The van der Waals surface area contributed by atoms with Gasteiger partial charge in [-0.25, -0.2) is 0 Å². The molecule has 0 amide bonds. The van der Waals surface area contributed by atoms with Gasteiger partial charge >= 0.3 is 0 Å². The summed E-state index contributed by atoms with van der Waals surface area (Å²) in [4.78, 5) is 12.8. The van der Waals surface area contributed by atoms with Crippen LogP contribution in [0.2, 0.25) is 0 Å². The molecule has 0 saturated heterocycles. The van der Waals surface area contributed by atoms with Gasteiger partial charge in [-0.3, -0.25) is 9.69 Å². The van der Waals surface area contributed by atoms with E-state index >= 15 is 0 Å². The van der Waals surface area contributed by atoms with Crippen LogP contribution in [-0.2, 0) is 11.3 Å². The summed E-state index contributed by atoms with van der Waals surface area (Å²) < 4.78 is 5.18. The van der Waals surface area contributed by atoms with Gasteiger partial charge in [-0.2, -0.15) is 0 Å². The molecule has 3 heteroatoms. The number of nitrogens with zero attached hydrogens (tertiary/aromatic N) is 1. The second kappa shape index (κ2) is 4.82. The normalized spacial score (nSPS) is 10.7. The zero-order chi connectivity index (χ0) is 9.68. The minimum Gasteiger partial charge on any atom is -0.468 e. The Morgan fingerprint density at radius 3 is 2.92 bits per heavy atom. The van der Waals surface area contributed by atoms with Crippen molar-refractivity contribution in [2.45, 2.75) is 19.9 Å². The van der Waals surface area contributed by atoms with Crippen molar-refractivity contribution >= 4 is 5.78 Å². The summed E-state index contributed by atoms with van der Waals surface area (Å²) in [6.45, 7) is 3.16. The zero-order valence-corrected chi connectivity index (χ0v) is 8.12. The summed E-state index contributed by atoms with van der Waals surface area (Å²) in [5.41, 5.74) is 0. The summed E-state index contributed by atoms with van der Waals surface area (Å²) in [5, 5.41) is 0. The number of hydrogen-bond acceptors (Lipinski definition) is 3. The van der Waals surface area contributed by atoms with Crippen LogP contribution in [0.5, 0.6) is 0 Å². The molecule has 1 aromatic heterocycles. The number of carbonyl (C=O) groups excluding carboxylic acids is 1. The van der Waals surface area contributed by atoms with Crippen molar-refractivity contribution in [3.63, 3.8) is 0 Å². The topological polar surface area (TPSA) is 33.5 Å². The lowest BCUT2D eigenvalue weighted by Gasteiger charge is -2.13. The Kier molecular flexibility index (Phi) is 3.71. The van der Waals surface area contributed by atoms with Gasteiger partial charge in [0.25, 0.3) is 0 Å². The SMILES string of the molecule is CC(=O)CCN(C)Cc1ccco1. The van der Waals surface area contributed by atoms with Gasteiger partial charge < -0.3 is 4.42 Å². The third-order valence-corrected chi connectivity index (χ3v) is 1.85. The van der Waals surface area contributed by atoms with Crippen molar-refractivity contribution in [2.75, 3.05) is 13.6 Å². The van der Waals surface area contributed by atoms with Crippen LogP contribution in [0.1, 0.15) is 19.1 Å². The molecular formula is C10H15NO2. The van der Waals surface area contributed by atoms with Crippen LogP contribution in [0.4, 0.5) is 0 Å². The van der Waals surface area contributed by atoms with Crippen molar-refractivity contribution in [2.24, 2.45) is 0 Å². The molecule has 3 nitrogen and oxygen atoms in total. The molecule has 13 heavy (non-hydrogen) atoms. The molecule has 0 aliphatic heterocycles. The van der Waals surface area contributed by atoms with E-state index in [9.17, 15) is 4.79 Å². The van der Waals surface area contributed by atoms with Gasteiger partial charge in [0.1, 0.15) is 11.5 Å². The number of furan rings is 1. The number of carbonyl (C=O) groups is 1. The van der Waals surface area contributed by atoms with Crippen LogP contribution in [0.15, 0.2) is 22.8 Å². The first-order valence-corrected chi connectivity index (χ1v) is 4.39. The molecule has 72 valence electrons. The Morgan fingerprint density at radius 2 is 2.38 bits per heavy atom. The van der Waals surface area contributed by atoms with Crippen molar-refractivity contribution in [3.8, 4) is 0 Å². The molecule has 1 heterocycles. The van der Waals surface area contributed by atoms with Crippen LogP contribution in [0.3, 0.4) is 0 Å². The first kappa shape index (κ1) is 9.99. The Balaban J connectivity index is 2.25. The fourth-order valence-electron chi connectivity index (χ4n) is 1.10. The lowest BCUT2D eigenvalue weighted by molar-refractivity contribution is -0.117. The molecule has 0 spiro atoms. The maximum atomic E-state index is 10.7. The van der Waals surface area contributed by atoms with Crippen LogP contribution >= 0.6 is 0 Å². The van der Waals surface area contributed by atoms with Gasteiger partial charge in [-0.05, 0) is 26.1 Å². The van der Waals surface area contributed by atoms with E-state index in [2.05, 4.69) is 4.90 Å². The predicted octanol–water partition coefficient (Wildman–Crippen LogP) is 1.69. The Morgan fingerprint density at radius 1 is 1.62 bits per heavy atom. The van der Waals surface area contributed by atoms with Crippen LogP contribution in [0.25, 0.3) is 0 Å². The van der Waals surface area contributed by atoms with Crippen molar-refractivity contribution in [3.05, 3.63) is 24.2 Å². The average molecular weight is 181 g/mol. The van der Waals surface area contributed by atoms with Crippen molar-refractivity contribution in [1.82, 2.24) is 4.90 Å². The highest BCUT2D eigenvalue weighted by molar-refractivity contribution is 5.75. The number of rotatable bonds is 5. The Labute approximate surface area is 78.3 Å². The van der Waals surface area contributed by atoms with Gasteiger partial charge in [0.2, 0.25) is 0 Å². The van der Waals surface area contributed by atoms with Crippen molar-refractivity contribution < 1.29 is 9.21 Å².